The van der Waals surface area contributed by atoms with Crippen LogP contribution < -0.4 is 10.5 Å². The zero-order chi connectivity index (χ0) is 25.2. The Balaban J connectivity index is 1.53. The molecule has 2 aromatic heterocycles. The van der Waals surface area contributed by atoms with E-state index in [1.165, 1.54) is 16.2 Å². The van der Waals surface area contributed by atoms with E-state index in [4.69, 9.17) is 17.2 Å². The number of hydrogen-bond donors (Lipinski definition) is 1. The molecule has 0 saturated carbocycles. The first-order valence-electron chi connectivity index (χ1n) is 11.8. The predicted octanol–water partition coefficient (Wildman–Crippen LogP) is 2.52. The highest BCUT2D eigenvalue weighted by Crippen LogP contribution is 2.34. The van der Waals surface area contributed by atoms with Crippen LogP contribution in [-0.2, 0) is 11.3 Å². The van der Waals surface area contributed by atoms with E-state index in [-0.39, 0.29) is 18.1 Å². The summed E-state index contributed by atoms with van der Waals surface area (Å²) >= 11 is 6.74. The second-order valence-electron chi connectivity index (χ2n) is 8.89. The molecule has 0 spiro atoms. The van der Waals surface area contributed by atoms with Crippen molar-refractivity contribution in [2.75, 3.05) is 44.2 Å². The number of benzene rings is 1. The zero-order valence-electron chi connectivity index (χ0n) is 20.0. The average molecular weight is 522 g/mol. The number of amides is 1. The summed E-state index contributed by atoms with van der Waals surface area (Å²) in [5.41, 5.74) is 2.65. The lowest BCUT2D eigenvalue weighted by Crippen LogP contribution is -2.48. The van der Waals surface area contributed by atoms with Crippen molar-refractivity contribution >= 4 is 51.7 Å². The Kier molecular flexibility index (Phi) is 7.20. The summed E-state index contributed by atoms with van der Waals surface area (Å²) in [6.45, 7) is 5.91. The first kappa shape index (κ1) is 24.6. The largest absolute Gasteiger partial charge is 0.395 e. The van der Waals surface area contributed by atoms with E-state index in [1.54, 1.807) is 17.2 Å². The third kappa shape index (κ3) is 4.94. The summed E-state index contributed by atoms with van der Waals surface area (Å²) in [5.74, 6) is 0.363. The van der Waals surface area contributed by atoms with Gasteiger partial charge < -0.3 is 10.0 Å². The standard InChI is InChI=1S/C26H27N5O3S2/c1-18-7-8-22-27-23(29-11-9-28(10-12-29)13-14-32)20(24(33)30(22)16-18)15-21-25(34)31(26(35)36-21)17-19-5-3-2-4-6-19/h2-8,15-16,32H,9-14,17H2,1H3. The van der Waals surface area contributed by atoms with Gasteiger partial charge in [0.05, 0.1) is 23.6 Å². The lowest BCUT2D eigenvalue weighted by atomic mass is 10.2. The number of aromatic nitrogens is 2. The van der Waals surface area contributed by atoms with Gasteiger partial charge in [0.15, 0.2) is 0 Å². The summed E-state index contributed by atoms with van der Waals surface area (Å²) in [6.07, 6.45) is 3.43. The molecular weight excluding hydrogens is 494 g/mol. The highest BCUT2D eigenvalue weighted by molar-refractivity contribution is 8.26. The maximum absolute atomic E-state index is 13.7. The Morgan fingerprint density at radius 1 is 1.08 bits per heavy atom. The number of hydrogen-bond acceptors (Lipinski definition) is 8. The number of aliphatic hydroxyl groups is 1. The monoisotopic (exact) mass is 521 g/mol. The van der Waals surface area contributed by atoms with Crippen molar-refractivity contribution in [1.82, 2.24) is 19.2 Å². The first-order chi connectivity index (χ1) is 17.4. The second kappa shape index (κ2) is 10.5. The quantitative estimate of drug-likeness (QED) is 0.392. The third-order valence-corrected chi connectivity index (χ3v) is 7.78. The minimum absolute atomic E-state index is 0.116. The molecule has 2 aliphatic rings. The van der Waals surface area contributed by atoms with Crippen molar-refractivity contribution in [2.45, 2.75) is 13.5 Å². The fourth-order valence-electron chi connectivity index (χ4n) is 4.47. The number of fused-ring (bicyclic) bond motifs is 1. The van der Waals surface area contributed by atoms with Crippen LogP contribution in [0.5, 0.6) is 0 Å². The fraction of sp³-hybridized carbons (Fsp3) is 0.308. The number of aryl methyl sites for hydroxylation is 1. The summed E-state index contributed by atoms with van der Waals surface area (Å²) in [6, 6.07) is 13.5. The number of nitrogens with zero attached hydrogens (tertiary/aromatic N) is 5. The van der Waals surface area contributed by atoms with Gasteiger partial charge in [-0.15, -0.1) is 0 Å². The molecular formula is C26H27N5O3S2. The fourth-order valence-corrected chi connectivity index (χ4v) is 5.71. The molecule has 1 aromatic carbocycles. The van der Waals surface area contributed by atoms with Crippen LogP contribution in [0, 0.1) is 6.92 Å². The van der Waals surface area contributed by atoms with E-state index in [0.717, 1.165) is 24.2 Å². The molecule has 10 heteroatoms. The van der Waals surface area contributed by atoms with Gasteiger partial charge >= 0.3 is 0 Å². The molecule has 0 radical (unpaired) electrons. The van der Waals surface area contributed by atoms with Gasteiger partial charge in [-0.25, -0.2) is 4.98 Å². The molecule has 186 valence electrons. The van der Waals surface area contributed by atoms with E-state index in [0.29, 0.717) is 52.4 Å². The minimum Gasteiger partial charge on any atom is -0.395 e. The number of carbonyl (C=O) groups excluding carboxylic acids is 1. The van der Waals surface area contributed by atoms with Gasteiger partial charge in [-0.05, 0) is 30.2 Å². The molecule has 0 unspecified atom stereocenters. The average Bonchev–Trinajstić information content (AvgIpc) is 3.14. The van der Waals surface area contributed by atoms with E-state index < -0.39 is 0 Å². The molecule has 36 heavy (non-hydrogen) atoms. The Hall–Kier alpha value is -3.05. The lowest BCUT2D eigenvalue weighted by Gasteiger charge is -2.35. The van der Waals surface area contributed by atoms with Crippen LogP contribution in [0.1, 0.15) is 16.7 Å². The van der Waals surface area contributed by atoms with Crippen molar-refractivity contribution in [1.29, 1.82) is 0 Å². The zero-order valence-corrected chi connectivity index (χ0v) is 21.6. The maximum atomic E-state index is 13.7. The van der Waals surface area contributed by atoms with Crippen molar-refractivity contribution in [3.8, 4) is 0 Å². The van der Waals surface area contributed by atoms with Crippen LogP contribution in [0.4, 0.5) is 5.82 Å². The van der Waals surface area contributed by atoms with E-state index in [2.05, 4.69) is 9.80 Å². The normalized spacial score (nSPS) is 18.1. The van der Waals surface area contributed by atoms with Crippen molar-refractivity contribution in [3.05, 3.63) is 80.6 Å². The third-order valence-electron chi connectivity index (χ3n) is 6.41. The summed E-state index contributed by atoms with van der Waals surface area (Å²) < 4.78 is 2.01. The molecule has 4 heterocycles. The van der Waals surface area contributed by atoms with Crippen molar-refractivity contribution in [3.63, 3.8) is 0 Å². The number of carbonyl (C=O) groups is 1. The molecule has 3 aromatic rings. The number of thiocarbonyl (C=S) groups is 1. The van der Waals surface area contributed by atoms with Gasteiger partial charge in [0.25, 0.3) is 11.5 Å². The summed E-state index contributed by atoms with van der Waals surface area (Å²) in [4.78, 5) is 38.2. The predicted molar refractivity (Wildman–Crippen MR) is 147 cm³/mol. The molecule has 1 amide bonds. The van der Waals surface area contributed by atoms with Crippen LogP contribution in [0.3, 0.4) is 0 Å². The number of anilines is 1. The Morgan fingerprint density at radius 3 is 2.56 bits per heavy atom. The highest BCUT2D eigenvalue weighted by atomic mass is 32.2. The SMILES string of the molecule is Cc1ccc2nc(N3CCN(CCO)CC3)c(C=C3SC(=S)N(Cc4ccccc4)C3=O)c(=O)n2c1. The van der Waals surface area contributed by atoms with Crippen molar-refractivity contribution in [2.24, 2.45) is 0 Å². The van der Waals surface area contributed by atoms with E-state index in [9.17, 15) is 14.7 Å². The summed E-state index contributed by atoms with van der Waals surface area (Å²) in [5, 5.41) is 9.27. The van der Waals surface area contributed by atoms with Gasteiger partial charge in [0.1, 0.15) is 15.8 Å². The highest BCUT2D eigenvalue weighted by Gasteiger charge is 2.33. The first-order valence-corrected chi connectivity index (χ1v) is 13.1. The molecule has 2 aliphatic heterocycles. The van der Waals surface area contributed by atoms with Crippen LogP contribution in [0.15, 0.2) is 58.4 Å². The van der Waals surface area contributed by atoms with Gasteiger partial charge in [-0.3, -0.25) is 23.8 Å². The lowest BCUT2D eigenvalue weighted by molar-refractivity contribution is -0.122. The Bertz CT molecular complexity index is 1400. The number of rotatable bonds is 6. The van der Waals surface area contributed by atoms with Gasteiger partial charge in [-0.1, -0.05) is 60.4 Å². The number of piperazine rings is 1. The number of pyridine rings is 1. The molecule has 8 nitrogen and oxygen atoms in total. The molecule has 2 fully saturated rings. The number of β-amino-alcohol motifs (C(OH)–C–C–N with tert-alkyl or cyclic N) is 1. The van der Waals surface area contributed by atoms with Crippen LogP contribution >= 0.6 is 24.0 Å². The van der Waals surface area contributed by atoms with Crippen LogP contribution in [0.2, 0.25) is 0 Å². The van der Waals surface area contributed by atoms with Gasteiger partial charge in [-0.2, -0.15) is 0 Å². The molecule has 0 aliphatic carbocycles. The minimum atomic E-state index is -0.218. The Morgan fingerprint density at radius 2 is 1.83 bits per heavy atom. The van der Waals surface area contributed by atoms with Crippen LogP contribution in [0.25, 0.3) is 11.7 Å². The second-order valence-corrected chi connectivity index (χ2v) is 10.6. The Labute approximate surface area is 218 Å². The molecule has 5 rings (SSSR count). The van der Waals surface area contributed by atoms with Gasteiger partial charge in [0, 0.05) is 38.9 Å². The van der Waals surface area contributed by atoms with Gasteiger partial charge in [0.2, 0.25) is 0 Å². The molecule has 0 atom stereocenters. The summed E-state index contributed by atoms with van der Waals surface area (Å²) in [7, 11) is 0. The smallest absolute Gasteiger partial charge is 0.267 e. The molecule has 1 N–H and O–H groups in total. The topological polar surface area (TPSA) is 81.4 Å². The van der Waals surface area contributed by atoms with Crippen LogP contribution in [-0.4, -0.2) is 73.8 Å². The number of thioether (sulfide) groups is 1. The van der Waals surface area contributed by atoms with E-state index >= 15 is 0 Å². The molecule has 2 saturated heterocycles. The van der Waals surface area contributed by atoms with Crippen molar-refractivity contribution < 1.29 is 9.90 Å². The number of aliphatic hydroxyl groups excluding tert-OH is 1. The van der Waals surface area contributed by atoms with E-state index in [1.807, 2.05) is 49.4 Å². The molecule has 0 bridgehead atoms. The maximum Gasteiger partial charge on any atom is 0.267 e.